The molecule has 1 aromatic heterocycles. The average Bonchev–Trinajstić information content (AvgIpc) is 3.37. The van der Waals surface area contributed by atoms with E-state index in [9.17, 15) is 13.2 Å². The molecule has 2 aliphatic rings. The molecule has 1 amide bonds. The van der Waals surface area contributed by atoms with Crippen LogP contribution in [0, 0.1) is 0 Å². The van der Waals surface area contributed by atoms with Crippen LogP contribution < -0.4 is 0 Å². The minimum absolute atomic E-state index is 0.0488. The summed E-state index contributed by atoms with van der Waals surface area (Å²) in [5.41, 5.74) is 1.00. The summed E-state index contributed by atoms with van der Waals surface area (Å²) in [5, 5.41) is 9.38. The number of benzene rings is 1. The third-order valence-electron chi connectivity index (χ3n) is 5.49. The van der Waals surface area contributed by atoms with Crippen LogP contribution in [0.1, 0.15) is 43.5 Å². The highest BCUT2D eigenvalue weighted by Crippen LogP contribution is 2.40. The fourth-order valence-electron chi connectivity index (χ4n) is 3.78. The maximum Gasteiger partial charge on any atom is 0.233 e. The molecule has 1 aromatic carbocycles. The minimum Gasteiger partial charge on any atom is -0.334 e. The van der Waals surface area contributed by atoms with Gasteiger partial charge in [-0.15, -0.1) is 10.2 Å². The highest BCUT2D eigenvalue weighted by molar-refractivity contribution is 7.99. The predicted molar refractivity (Wildman–Crippen MR) is 112 cm³/mol. The number of amides is 1. The Kier molecular flexibility index (Phi) is 5.96. The maximum atomic E-state index is 13.1. The third-order valence-corrected chi connectivity index (χ3v) is 8.20. The summed E-state index contributed by atoms with van der Waals surface area (Å²) < 4.78 is 26.1. The lowest BCUT2D eigenvalue weighted by molar-refractivity contribution is -0.130. The first-order chi connectivity index (χ1) is 14.0. The van der Waals surface area contributed by atoms with Crippen LogP contribution in [0.5, 0.6) is 0 Å². The Morgan fingerprint density at radius 1 is 1.21 bits per heavy atom. The molecule has 1 atom stereocenters. The first-order valence-corrected chi connectivity index (χ1v) is 12.9. The van der Waals surface area contributed by atoms with Gasteiger partial charge in [0.1, 0.15) is 5.82 Å². The van der Waals surface area contributed by atoms with Gasteiger partial charge in [-0.1, -0.05) is 42.1 Å². The zero-order valence-corrected chi connectivity index (χ0v) is 18.2. The Balaban J connectivity index is 1.47. The van der Waals surface area contributed by atoms with E-state index in [4.69, 9.17) is 0 Å². The van der Waals surface area contributed by atoms with Gasteiger partial charge in [0, 0.05) is 25.0 Å². The molecule has 2 fully saturated rings. The number of sulfone groups is 1. The molecule has 0 spiro atoms. The van der Waals surface area contributed by atoms with Crippen LogP contribution in [0.3, 0.4) is 0 Å². The van der Waals surface area contributed by atoms with Gasteiger partial charge in [0.05, 0.1) is 17.3 Å². The van der Waals surface area contributed by atoms with Crippen LogP contribution in [0.25, 0.3) is 0 Å². The molecule has 2 aromatic rings. The van der Waals surface area contributed by atoms with Gasteiger partial charge in [0.2, 0.25) is 5.91 Å². The standard InChI is InChI=1S/C20H26N4O3S2/c1-2-23-19(16-8-9-16)21-22-20(23)28-13-18(25)24(12-15-6-4-3-5-7-15)17-10-11-29(26,27)14-17/h3-7,16-17H,2,8-14H2,1H3/t17-/m1/s1. The average molecular weight is 435 g/mol. The predicted octanol–water partition coefficient (Wildman–Crippen LogP) is 2.48. The molecule has 29 heavy (non-hydrogen) atoms. The fourth-order valence-corrected chi connectivity index (χ4v) is 6.41. The number of nitrogens with zero attached hydrogens (tertiary/aromatic N) is 4. The number of rotatable bonds is 8. The lowest BCUT2D eigenvalue weighted by Crippen LogP contribution is -2.41. The number of carbonyl (C=O) groups is 1. The summed E-state index contributed by atoms with van der Waals surface area (Å²) in [6.45, 7) is 3.27. The summed E-state index contributed by atoms with van der Waals surface area (Å²) in [7, 11) is -3.07. The second-order valence-corrected chi connectivity index (χ2v) is 10.9. The van der Waals surface area contributed by atoms with Gasteiger partial charge in [-0.2, -0.15) is 0 Å². The molecule has 2 heterocycles. The van der Waals surface area contributed by atoms with Crippen molar-refractivity contribution >= 4 is 27.5 Å². The van der Waals surface area contributed by atoms with Crippen molar-refractivity contribution in [2.75, 3.05) is 17.3 Å². The molecule has 1 aliphatic heterocycles. The summed E-state index contributed by atoms with van der Waals surface area (Å²) >= 11 is 1.39. The smallest absolute Gasteiger partial charge is 0.233 e. The molecule has 156 valence electrons. The fraction of sp³-hybridized carbons (Fsp3) is 0.550. The zero-order chi connectivity index (χ0) is 20.4. The Morgan fingerprint density at radius 3 is 2.59 bits per heavy atom. The van der Waals surface area contributed by atoms with Gasteiger partial charge in [-0.3, -0.25) is 4.79 Å². The molecule has 0 unspecified atom stereocenters. The second-order valence-electron chi connectivity index (χ2n) is 7.71. The van der Waals surface area contributed by atoms with Gasteiger partial charge in [-0.25, -0.2) is 8.42 Å². The SMILES string of the molecule is CCn1c(SCC(=O)N(Cc2ccccc2)[C@@H]2CCS(=O)(=O)C2)nnc1C1CC1. The number of aromatic nitrogens is 3. The van der Waals surface area contributed by atoms with E-state index in [0.717, 1.165) is 35.9 Å². The molecule has 7 nitrogen and oxygen atoms in total. The van der Waals surface area contributed by atoms with Gasteiger partial charge in [0.25, 0.3) is 0 Å². The van der Waals surface area contributed by atoms with E-state index in [0.29, 0.717) is 18.9 Å². The van der Waals surface area contributed by atoms with Crippen molar-refractivity contribution < 1.29 is 13.2 Å². The van der Waals surface area contributed by atoms with E-state index in [-0.39, 0.29) is 29.2 Å². The summed E-state index contributed by atoms with van der Waals surface area (Å²) in [6.07, 6.45) is 2.81. The lowest BCUT2D eigenvalue weighted by Gasteiger charge is -2.28. The lowest BCUT2D eigenvalue weighted by atomic mass is 10.1. The van der Waals surface area contributed by atoms with Gasteiger partial charge < -0.3 is 9.47 Å². The van der Waals surface area contributed by atoms with E-state index >= 15 is 0 Å². The first kappa shape index (κ1) is 20.4. The molecule has 1 saturated heterocycles. The van der Waals surface area contributed by atoms with Crippen LogP contribution in [-0.2, 0) is 27.7 Å². The summed E-state index contributed by atoms with van der Waals surface area (Å²) in [6, 6.07) is 9.46. The van der Waals surface area contributed by atoms with Crippen molar-refractivity contribution in [1.82, 2.24) is 19.7 Å². The van der Waals surface area contributed by atoms with Crippen molar-refractivity contribution in [3.05, 3.63) is 41.7 Å². The Bertz CT molecular complexity index is 971. The second kappa shape index (κ2) is 8.47. The van der Waals surface area contributed by atoms with Crippen molar-refractivity contribution in [3.63, 3.8) is 0 Å². The van der Waals surface area contributed by atoms with E-state index in [1.165, 1.54) is 11.8 Å². The van der Waals surface area contributed by atoms with Crippen molar-refractivity contribution in [2.45, 2.75) is 56.4 Å². The Hall–Kier alpha value is -1.87. The van der Waals surface area contributed by atoms with Crippen LogP contribution >= 0.6 is 11.8 Å². The maximum absolute atomic E-state index is 13.1. The zero-order valence-electron chi connectivity index (χ0n) is 16.5. The summed E-state index contributed by atoms with van der Waals surface area (Å²) in [4.78, 5) is 14.9. The number of carbonyl (C=O) groups excluding carboxylic acids is 1. The Labute approximate surface area is 175 Å². The van der Waals surface area contributed by atoms with Crippen molar-refractivity contribution in [1.29, 1.82) is 0 Å². The van der Waals surface area contributed by atoms with Gasteiger partial charge in [0.15, 0.2) is 15.0 Å². The first-order valence-electron chi connectivity index (χ1n) is 10.1. The van der Waals surface area contributed by atoms with E-state index in [1.54, 1.807) is 4.90 Å². The van der Waals surface area contributed by atoms with E-state index < -0.39 is 9.84 Å². The quantitative estimate of drug-likeness (QED) is 0.594. The van der Waals surface area contributed by atoms with E-state index in [1.807, 2.05) is 30.3 Å². The molecule has 9 heteroatoms. The molecule has 0 N–H and O–H groups in total. The monoisotopic (exact) mass is 434 g/mol. The normalized spacial score (nSPS) is 20.7. The van der Waals surface area contributed by atoms with Crippen LogP contribution in [0.4, 0.5) is 0 Å². The molecule has 0 bridgehead atoms. The third kappa shape index (κ3) is 4.83. The molecular weight excluding hydrogens is 408 g/mol. The van der Waals surface area contributed by atoms with Crippen LogP contribution in [0.2, 0.25) is 0 Å². The number of thioether (sulfide) groups is 1. The minimum atomic E-state index is -3.07. The molecular formula is C20H26N4O3S2. The molecule has 1 aliphatic carbocycles. The molecule has 0 radical (unpaired) electrons. The highest BCUT2D eigenvalue weighted by Gasteiger charge is 2.35. The van der Waals surface area contributed by atoms with E-state index in [2.05, 4.69) is 21.7 Å². The van der Waals surface area contributed by atoms with Crippen LogP contribution in [-0.4, -0.2) is 57.3 Å². The summed E-state index contributed by atoms with van der Waals surface area (Å²) in [5.74, 6) is 1.90. The highest BCUT2D eigenvalue weighted by atomic mass is 32.2. The van der Waals surface area contributed by atoms with Crippen molar-refractivity contribution in [2.24, 2.45) is 0 Å². The van der Waals surface area contributed by atoms with Gasteiger partial charge in [-0.05, 0) is 31.7 Å². The molecule has 1 saturated carbocycles. The number of hydrogen-bond acceptors (Lipinski definition) is 6. The molecule has 4 rings (SSSR count). The Morgan fingerprint density at radius 2 is 1.97 bits per heavy atom. The number of hydrogen-bond donors (Lipinski definition) is 0. The van der Waals surface area contributed by atoms with Gasteiger partial charge >= 0.3 is 0 Å². The topological polar surface area (TPSA) is 85.2 Å². The van der Waals surface area contributed by atoms with Crippen LogP contribution in [0.15, 0.2) is 35.5 Å². The largest absolute Gasteiger partial charge is 0.334 e. The van der Waals surface area contributed by atoms with Crippen molar-refractivity contribution in [3.8, 4) is 0 Å².